The zero-order chi connectivity index (χ0) is 13.1. The fourth-order valence-corrected chi connectivity index (χ4v) is 1.36. The molecule has 0 fully saturated rings. The van der Waals surface area contributed by atoms with Gasteiger partial charge in [-0.25, -0.2) is 0 Å². The van der Waals surface area contributed by atoms with Gasteiger partial charge in [-0.15, -0.1) is 12.4 Å². The van der Waals surface area contributed by atoms with Crippen molar-refractivity contribution >= 4 is 12.4 Å². The van der Waals surface area contributed by atoms with Gasteiger partial charge in [0.1, 0.15) is 11.8 Å². The molecule has 0 saturated carbocycles. The van der Waals surface area contributed by atoms with E-state index in [-0.39, 0.29) is 12.4 Å². The number of halogens is 4. The van der Waals surface area contributed by atoms with Crippen molar-refractivity contribution < 1.29 is 23.0 Å². The first-order chi connectivity index (χ1) is 7.84. The minimum Gasteiger partial charge on any atom is -0.497 e. The molecule has 0 aliphatic carbocycles. The third-order valence-corrected chi connectivity index (χ3v) is 2.38. The molecule has 3 nitrogen and oxygen atoms in total. The number of benzene rings is 1. The van der Waals surface area contributed by atoms with Gasteiger partial charge in [-0.05, 0) is 17.7 Å². The Hall–Kier alpha value is -0.980. The van der Waals surface area contributed by atoms with Crippen molar-refractivity contribution in [1.82, 2.24) is 0 Å². The molecule has 0 bridgehead atoms. The summed E-state index contributed by atoms with van der Waals surface area (Å²) >= 11 is 0. The first kappa shape index (κ1) is 17.0. The molecule has 1 aromatic rings. The summed E-state index contributed by atoms with van der Waals surface area (Å²) in [6.07, 6.45) is -6.34. The van der Waals surface area contributed by atoms with Crippen molar-refractivity contribution in [3.8, 4) is 5.75 Å². The first-order valence-electron chi connectivity index (χ1n) is 4.99. The molecule has 104 valence electrons. The highest BCUT2D eigenvalue weighted by atomic mass is 35.5. The number of hydrogen-bond donors (Lipinski definition) is 2. The van der Waals surface area contributed by atoms with E-state index in [1.54, 1.807) is 12.1 Å². The summed E-state index contributed by atoms with van der Waals surface area (Å²) in [4.78, 5) is 0. The fourth-order valence-electron chi connectivity index (χ4n) is 1.36. The van der Waals surface area contributed by atoms with Gasteiger partial charge in [0.05, 0.1) is 13.2 Å². The van der Waals surface area contributed by atoms with Crippen LogP contribution in [0.1, 0.15) is 18.1 Å². The van der Waals surface area contributed by atoms with E-state index in [4.69, 9.17) is 10.5 Å². The van der Waals surface area contributed by atoms with Crippen molar-refractivity contribution in [3.05, 3.63) is 29.8 Å². The largest absolute Gasteiger partial charge is 0.497 e. The van der Waals surface area contributed by atoms with Crippen molar-refractivity contribution in [3.63, 3.8) is 0 Å². The SMILES string of the molecule is COc1cccc([C@H](O)C[C@H](N)C(F)(F)F)c1.Cl. The number of ether oxygens (including phenoxy) is 1. The van der Waals surface area contributed by atoms with Crippen LogP contribution >= 0.6 is 12.4 Å². The van der Waals surface area contributed by atoms with Gasteiger partial charge < -0.3 is 15.6 Å². The molecule has 2 atom stereocenters. The maximum absolute atomic E-state index is 12.2. The molecule has 7 heteroatoms. The molecule has 18 heavy (non-hydrogen) atoms. The van der Waals surface area contributed by atoms with Crippen LogP contribution in [0.2, 0.25) is 0 Å². The van der Waals surface area contributed by atoms with E-state index >= 15 is 0 Å². The molecule has 1 rings (SSSR count). The Kier molecular flexibility index (Phi) is 6.45. The summed E-state index contributed by atoms with van der Waals surface area (Å²) in [5, 5.41) is 9.64. The van der Waals surface area contributed by atoms with Gasteiger partial charge in [-0.1, -0.05) is 12.1 Å². The molecule has 0 amide bonds. The molecule has 0 spiro atoms. The summed E-state index contributed by atoms with van der Waals surface area (Å²) in [6.45, 7) is 0. The van der Waals surface area contributed by atoms with Crippen LogP contribution in [0.25, 0.3) is 0 Å². The standard InChI is InChI=1S/C11H14F3NO2.ClH/c1-17-8-4-2-3-7(5-8)9(16)6-10(15)11(12,13)14;/h2-5,9-10,16H,6,15H2,1H3;1H/t9-,10+;/m1./s1. The minimum absolute atomic E-state index is 0. The Balaban J connectivity index is 0.00000289. The van der Waals surface area contributed by atoms with Crippen molar-refractivity contribution in [2.24, 2.45) is 5.73 Å². The number of aliphatic hydroxyl groups is 1. The molecule has 0 aliphatic heterocycles. The summed E-state index contributed by atoms with van der Waals surface area (Å²) < 4.78 is 41.5. The summed E-state index contributed by atoms with van der Waals surface area (Å²) in [7, 11) is 1.44. The van der Waals surface area contributed by atoms with Gasteiger partial charge >= 0.3 is 6.18 Å². The van der Waals surface area contributed by atoms with E-state index < -0.39 is 24.7 Å². The maximum Gasteiger partial charge on any atom is 0.403 e. The summed E-state index contributed by atoms with van der Waals surface area (Å²) in [5.41, 5.74) is 5.29. The first-order valence-corrected chi connectivity index (χ1v) is 4.99. The fraction of sp³-hybridized carbons (Fsp3) is 0.455. The molecule has 0 unspecified atom stereocenters. The van der Waals surface area contributed by atoms with E-state index in [2.05, 4.69) is 0 Å². The number of methoxy groups -OCH3 is 1. The lowest BCUT2D eigenvalue weighted by atomic mass is 10.0. The summed E-state index contributed by atoms with van der Waals surface area (Å²) in [6, 6.07) is 4.20. The van der Waals surface area contributed by atoms with E-state index in [0.717, 1.165) is 0 Å². The Morgan fingerprint density at radius 3 is 2.50 bits per heavy atom. The van der Waals surface area contributed by atoms with Gasteiger partial charge in [0.2, 0.25) is 0 Å². The second kappa shape index (κ2) is 6.82. The van der Waals surface area contributed by atoms with Gasteiger partial charge in [0, 0.05) is 6.42 Å². The monoisotopic (exact) mass is 285 g/mol. The van der Waals surface area contributed by atoms with E-state index in [0.29, 0.717) is 11.3 Å². The Bertz CT molecular complexity index is 374. The average Bonchev–Trinajstić information content (AvgIpc) is 2.27. The van der Waals surface area contributed by atoms with Crippen LogP contribution in [-0.4, -0.2) is 24.4 Å². The highest BCUT2D eigenvalue weighted by molar-refractivity contribution is 5.85. The van der Waals surface area contributed by atoms with Crippen LogP contribution in [0.15, 0.2) is 24.3 Å². The highest BCUT2D eigenvalue weighted by Gasteiger charge is 2.37. The molecular weight excluding hydrogens is 271 g/mol. The zero-order valence-electron chi connectivity index (χ0n) is 9.65. The predicted octanol–water partition coefficient (Wildman–Crippen LogP) is 2.43. The smallest absolute Gasteiger partial charge is 0.403 e. The number of rotatable bonds is 4. The normalized spacial score (nSPS) is 14.6. The highest BCUT2D eigenvalue weighted by Crippen LogP contribution is 2.28. The predicted molar refractivity (Wildman–Crippen MR) is 63.8 cm³/mol. The molecule has 0 heterocycles. The Morgan fingerprint density at radius 2 is 2.00 bits per heavy atom. The molecular formula is C11H15ClF3NO2. The molecule has 1 aromatic carbocycles. The quantitative estimate of drug-likeness (QED) is 0.893. The van der Waals surface area contributed by atoms with Crippen LogP contribution in [0.3, 0.4) is 0 Å². The maximum atomic E-state index is 12.2. The Labute approximate surface area is 109 Å². The molecule has 3 N–H and O–H groups in total. The molecule has 0 saturated heterocycles. The van der Waals surface area contributed by atoms with Crippen molar-refractivity contribution in [1.29, 1.82) is 0 Å². The van der Waals surface area contributed by atoms with Crippen LogP contribution < -0.4 is 10.5 Å². The third-order valence-electron chi connectivity index (χ3n) is 2.38. The van der Waals surface area contributed by atoms with Gasteiger partial charge in [-0.2, -0.15) is 13.2 Å². The molecule has 0 radical (unpaired) electrons. The van der Waals surface area contributed by atoms with Crippen molar-refractivity contribution in [2.45, 2.75) is 24.7 Å². The Morgan fingerprint density at radius 1 is 1.39 bits per heavy atom. The lowest BCUT2D eigenvalue weighted by Crippen LogP contribution is -2.38. The van der Waals surface area contributed by atoms with E-state index in [1.165, 1.54) is 19.2 Å². The lowest BCUT2D eigenvalue weighted by Gasteiger charge is -2.19. The van der Waals surface area contributed by atoms with Crippen molar-refractivity contribution in [2.75, 3.05) is 7.11 Å². The minimum atomic E-state index is -4.50. The number of aliphatic hydroxyl groups excluding tert-OH is 1. The lowest BCUT2D eigenvalue weighted by molar-refractivity contribution is -0.153. The zero-order valence-corrected chi connectivity index (χ0v) is 10.5. The molecule has 0 aliphatic rings. The number of nitrogens with two attached hydrogens (primary N) is 1. The van der Waals surface area contributed by atoms with Crippen LogP contribution in [-0.2, 0) is 0 Å². The second-order valence-corrected chi connectivity index (χ2v) is 3.68. The number of hydrogen-bond acceptors (Lipinski definition) is 3. The third kappa shape index (κ3) is 4.72. The van der Waals surface area contributed by atoms with E-state index in [9.17, 15) is 18.3 Å². The van der Waals surface area contributed by atoms with Gasteiger partial charge in [-0.3, -0.25) is 0 Å². The van der Waals surface area contributed by atoms with Gasteiger partial charge in [0.15, 0.2) is 0 Å². The van der Waals surface area contributed by atoms with Gasteiger partial charge in [0.25, 0.3) is 0 Å². The van der Waals surface area contributed by atoms with Crippen LogP contribution in [0.5, 0.6) is 5.75 Å². The topological polar surface area (TPSA) is 55.5 Å². The van der Waals surface area contributed by atoms with Crippen LogP contribution in [0, 0.1) is 0 Å². The second-order valence-electron chi connectivity index (χ2n) is 3.68. The summed E-state index contributed by atoms with van der Waals surface area (Å²) in [5.74, 6) is 0.474. The number of alkyl halides is 3. The molecule has 0 aromatic heterocycles. The van der Waals surface area contributed by atoms with Crippen LogP contribution in [0.4, 0.5) is 13.2 Å². The van der Waals surface area contributed by atoms with E-state index in [1.807, 2.05) is 0 Å². The average molecular weight is 286 g/mol.